The average Bonchev–Trinajstić information content (AvgIpc) is 3.25. The van der Waals surface area contributed by atoms with Gasteiger partial charge in [-0.05, 0) is 26.0 Å². The molecule has 4 aromatic heterocycles. The fraction of sp³-hybridized carbons (Fsp3) is 0.222. The van der Waals surface area contributed by atoms with Crippen LogP contribution in [0.1, 0.15) is 23.1 Å². The number of nitrogens with zero attached hydrogens (tertiary/aromatic N) is 7. The molecule has 0 spiro atoms. The molecule has 0 amide bonds. The van der Waals surface area contributed by atoms with Crippen molar-refractivity contribution in [3.05, 3.63) is 46.1 Å². The number of carbonyl (C=O) groups is 1. The summed E-state index contributed by atoms with van der Waals surface area (Å²) in [4.78, 5) is 29.7. The number of imidazole rings is 1. The third kappa shape index (κ3) is 1.96. The first kappa shape index (κ1) is 16.4. The van der Waals surface area contributed by atoms with Crippen LogP contribution in [-0.2, 0) is 11.8 Å². The van der Waals surface area contributed by atoms with Gasteiger partial charge in [-0.1, -0.05) is 12.1 Å². The minimum Gasteiger partial charge on any atom is -0.461 e. The fourth-order valence-electron chi connectivity index (χ4n) is 3.44. The number of benzene rings is 1. The van der Waals surface area contributed by atoms with Crippen molar-refractivity contribution in [2.45, 2.75) is 13.8 Å². The van der Waals surface area contributed by atoms with E-state index in [4.69, 9.17) is 4.74 Å². The van der Waals surface area contributed by atoms with E-state index in [1.807, 2.05) is 24.3 Å². The Hall–Kier alpha value is -3.82. The van der Waals surface area contributed by atoms with Crippen molar-refractivity contribution in [2.24, 2.45) is 7.05 Å². The standard InChI is InChI=1S/C18H15N7O3/c1-4-28-17(26)13-9(2)25-15(21-20-13)12-14-19-10-7-5-6-8-11(10)24(14)18(27)23(3)16(12)22-25/h5-8H,4H2,1-3H3. The summed E-state index contributed by atoms with van der Waals surface area (Å²) < 4.78 is 9.51. The Morgan fingerprint density at radius 1 is 1.14 bits per heavy atom. The summed E-state index contributed by atoms with van der Waals surface area (Å²) in [7, 11) is 1.64. The van der Waals surface area contributed by atoms with Crippen molar-refractivity contribution < 1.29 is 9.53 Å². The molecule has 0 N–H and O–H groups in total. The normalized spacial score (nSPS) is 11.8. The number of hydrogen-bond donors (Lipinski definition) is 0. The predicted octanol–water partition coefficient (Wildman–Crippen LogP) is 1.26. The molecule has 28 heavy (non-hydrogen) atoms. The van der Waals surface area contributed by atoms with Crippen LogP contribution in [0.25, 0.3) is 33.4 Å². The van der Waals surface area contributed by atoms with Gasteiger partial charge in [-0.2, -0.15) is 0 Å². The minimum atomic E-state index is -0.570. The van der Waals surface area contributed by atoms with Gasteiger partial charge in [0.25, 0.3) is 0 Å². The lowest BCUT2D eigenvalue weighted by atomic mass is 10.3. The molecule has 0 saturated carbocycles. The van der Waals surface area contributed by atoms with Gasteiger partial charge >= 0.3 is 11.7 Å². The highest BCUT2D eigenvalue weighted by Crippen LogP contribution is 2.25. The van der Waals surface area contributed by atoms with Gasteiger partial charge in [-0.15, -0.1) is 15.3 Å². The maximum atomic E-state index is 13.0. The third-order valence-corrected chi connectivity index (χ3v) is 4.80. The Morgan fingerprint density at radius 2 is 1.93 bits per heavy atom. The van der Waals surface area contributed by atoms with Crippen LogP contribution >= 0.6 is 0 Å². The van der Waals surface area contributed by atoms with Gasteiger partial charge in [0.2, 0.25) is 0 Å². The largest absolute Gasteiger partial charge is 0.461 e. The summed E-state index contributed by atoms with van der Waals surface area (Å²) >= 11 is 0. The van der Waals surface area contributed by atoms with Crippen LogP contribution in [0.15, 0.2) is 29.1 Å². The van der Waals surface area contributed by atoms with Crippen molar-refractivity contribution in [1.29, 1.82) is 0 Å². The number of esters is 1. The van der Waals surface area contributed by atoms with E-state index >= 15 is 0 Å². The van der Waals surface area contributed by atoms with E-state index in [0.717, 1.165) is 0 Å². The molecule has 0 unspecified atom stereocenters. The Bertz CT molecular complexity index is 1490. The van der Waals surface area contributed by atoms with Crippen molar-refractivity contribution in [1.82, 2.24) is 33.8 Å². The SMILES string of the molecule is CCOC(=O)c1nnc2c3c(nn2c1C)n(C)c(=O)n1c2ccccc2nc31. The second-order valence-electron chi connectivity index (χ2n) is 6.39. The lowest BCUT2D eigenvalue weighted by Gasteiger charge is -2.04. The van der Waals surface area contributed by atoms with E-state index in [1.165, 1.54) is 13.5 Å². The molecule has 5 aromatic rings. The Balaban J connectivity index is 1.98. The molecule has 4 heterocycles. The van der Waals surface area contributed by atoms with E-state index in [2.05, 4.69) is 20.3 Å². The van der Waals surface area contributed by atoms with Crippen LogP contribution in [0.3, 0.4) is 0 Å². The highest BCUT2D eigenvalue weighted by atomic mass is 16.5. The predicted molar refractivity (Wildman–Crippen MR) is 100 cm³/mol. The van der Waals surface area contributed by atoms with Crippen molar-refractivity contribution in [2.75, 3.05) is 6.61 Å². The number of carbonyl (C=O) groups excluding carboxylic acids is 1. The zero-order valence-electron chi connectivity index (χ0n) is 15.4. The zero-order valence-corrected chi connectivity index (χ0v) is 15.4. The maximum Gasteiger partial charge on any atom is 0.360 e. The first-order valence-corrected chi connectivity index (χ1v) is 8.72. The van der Waals surface area contributed by atoms with Gasteiger partial charge in [-0.25, -0.2) is 23.5 Å². The Kier molecular flexibility index (Phi) is 3.26. The molecule has 10 heteroatoms. The number of hydrogen-bond acceptors (Lipinski definition) is 7. The molecule has 140 valence electrons. The summed E-state index contributed by atoms with van der Waals surface area (Å²) in [6, 6.07) is 7.40. The van der Waals surface area contributed by atoms with Crippen LogP contribution < -0.4 is 5.69 Å². The van der Waals surface area contributed by atoms with Crippen LogP contribution in [0.2, 0.25) is 0 Å². The molecule has 0 radical (unpaired) electrons. The lowest BCUT2D eigenvalue weighted by Crippen LogP contribution is -2.24. The smallest absolute Gasteiger partial charge is 0.360 e. The van der Waals surface area contributed by atoms with E-state index in [0.29, 0.717) is 39.1 Å². The molecular weight excluding hydrogens is 362 g/mol. The number of aromatic nitrogens is 7. The monoisotopic (exact) mass is 377 g/mol. The van der Waals surface area contributed by atoms with Crippen LogP contribution in [-0.4, -0.2) is 46.3 Å². The minimum absolute atomic E-state index is 0.0803. The molecule has 0 bridgehead atoms. The molecule has 0 saturated heterocycles. The van der Waals surface area contributed by atoms with E-state index < -0.39 is 5.97 Å². The highest BCUT2D eigenvalue weighted by molar-refractivity contribution is 6.03. The fourth-order valence-corrected chi connectivity index (χ4v) is 3.44. The Labute approximate surface area is 157 Å². The Morgan fingerprint density at radius 3 is 2.71 bits per heavy atom. The average molecular weight is 377 g/mol. The van der Waals surface area contributed by atoms with Gasteiger partial charge in [0.15, 0.2) is 22.6 Å². The number of aryl methyl sites for hydroxylation is 2. The molecule has 0 fully saturated rings. The molecule has 0 aliphatic carbocycles. The van der Waals surface area contributed by atoms with Crippen molar-refractivity contribution in [3.8, 4) is 0 Å². The summed E-state index contributed by atoms with van der Waals surface area (Å²) in [6.45, 7) is 3.66. The number of ether oxygens (including phenoxy) is 1. The summed E-state index contributed by atoms with van der Waals surface area (Å²) in [5, 5.41) is 13.4. The molecule has 0 aliphatic heterocycles. The summed E-state index contributed by atoms with van der Waals surface area (Å²) in [5.41, 5.74) is 2.95. The summed E-state index contributed by atoms with van der Waals surface area (Å²) in [5.74, 6) is -0.570. The number of fused-ring (bicyclic) bond motifs is 7. The van der Waals surface area contributed by atoms with Crippen LogP contribution in [0.4, 0.5) is 0 Å². The van der Waals surface area contributed by atoms with Crippen molar-refractivity contribution in [3.63, 3.8) is 0 Å². The maximum absolute atomic E-state index is 13.0. The quantitative estimate of drug-likeness (QED) is 0.426. The lowest BCUT2D eigenvalue weighted by molar-refractivity contribution is 0.0516. The number of para-hydroxylation sites is 2. The number of rotatable bonds is 2. The molecular formula is C18H15N7O3. The molecule has 10 nitrogen and oxygen atoms in total. The second-order valence-corrected chi connectivity index (χ2v) is 6.39. The molecule has 0 aliphatic rings. The highest BCUT2D eigenvalue weighted by Gasteiger charge is 2.23. The summed E-state index contributed by atoms with van der Waals surface area (Å²) in [6.07, 6.45) is 0. The van der Waals surface area contributed by atoms with Gasteiger partial charge in [-0.3, -0.25) is 4.57 Å². The van der Waals surface area contributed by atoms with E-state index in [9.17, 15) is 9.59 Å². The van der Waals surface area contributed by atoms with Crippen LogP contribution in [0.5, 0.6) is 0 Å². The van der Waals surface area contributed by atoms with Gasteiger partial charge in [0.1, 0.15) is 5.39 Å². The van der Waals surface area contributed by atoms with E-state index in [1.54, 1.807) is 20.9 Å². The first-order chi connectivity index (χ1) is 13.5. The van der Waals surface area contributed by atoms with Gasteiger partial charge in [0, 0.05) is 7.05 Å². The zero-order chi connectivity index (χ0) is 19.6. The van der Waals surface area contributed by atoms with Gasteiger partial charge < -0.3 is 4.74 Å². The van der Waals surface area contributed by atoms with Crippen LogP contribution in [0, 0.1) is 6.92 Å². The topological polar surface area (TPSA) is 109 Å². The molecule has 0 atom stereocenters. The second kappa shape index (κ2) is 5.59. The van der Waals surface area contributed by atoms with Gasteiger partial charge in [0.05, 0.1) is 23.3 Å². The van der Waals surface area contributed by atoms with E-state index in [-0.39, 0.29) is 18.0 Å². The first-order valence-electron chi connectivity index (χ1n) is 8.72. The molecule has 5 rings (SSSR count). The van der Waals surface area contributed by atoms with Crippen molar-refractivity contribution >= 4 is 39.3 Å². The third-order valence-electron chi connectivity index (χ3n) is 4.80. The molecule has 1 aromatic carbocycles.